The van der Waals surface area contributed by atoms with Crippen LogP contribution in [0.1, 0.15) is 40.0 Å². The number of rotatable bonds is 3. The highest BCUT2D eigenvalue weighted by atomic mass is 14.9. The maximum atomic E-state index is 3.45. The number of nitrogens with one attached hydrogen (secondary N) is 2. The summed E-state index contributed by atoms with van der Waals surface area (Å²) in [5, 5.41) is 6.78. The summed E-state index contributed by atoms with van der Waals surface area (Å²) in [6.45, 7) is 8.33. The summed E-state index contributed by atoms with van der Waals surface area (Å²) in [6.07, 6.45) is 3.94. The molecule has 1 aliphatic carbocycles. The molecule has 14 heavy (non-hydrogen) atoms. The van der Waals surface area contributed by atoms with E-state index in [9.17, 15) is 0 Å². The summed E-state index contributed by atoms with van der Waals surface area (Å²) in [5.74, 6) is 0. The average Bonchev–Trinajstić information content (AvgIpc) is 2.00. The molecule has 0 heterocycles. The predicted molar refractivity (Wildman–Crippen MR) is 62.5 cm³/mol. The fraction of sp³-hybridized carbons (Fsp3) is 1.00. The third kappa shape index (κ3) is 2.96. The molecule has 0 saturated heterocycles. The van der Waals surface area contributed by atoms with E-state index in [1.54, 1.807) is 0 Å². The van der Waals surface area contributed by atoms with Crippen LogP contribution in [-0.4, -0.2) is 26.7 Å². The van der Waals surface area contributed by atoms with Crippen molar-refractivity contribution in [2.45, 2.75) is 46.1 Å². The molecule has 2 heteroatoms. The molecular formula is C12H26N2. The van der Waals surface area contributed by atoms with Gasteiger partial charge in [0, 0.05) is 12.6 Å². The normalized spacial score (nSPS) is 37.1. The second-order valence-electron chi connectivity index (χ2n) is 6.08. The Kier molecular flexibility index (Phi) is 3.59. The quantitative estimate of drug-likeness (QED) is 0.725. The summed E-state index contributed by atoms with van der Waals surface area (Å²) < 4.78 is 0. The zero-order valence-corrected chi connectivity index (χ0v) is 10.4. The summed E-state index contributed by atoms with van der Waals surface area (Å²) >= 11 is 0. The van der Waals surface area contributed by atoms with Crippen LogP contribution in [0.15, 0.2) is 0 Å². The third-order valence-corrected chi connectivity index (χ3v) is 3.46. The zero-order valence-electron chi connectivity index (χ0n) is 10.4. The van der Waals surface area contributed by atoms with Crippen molar-refractivity contribution in [2.75, 3.05) is 20.6 Å². The lowest BCUT2D eigenvalue weighted by atomic mass is 9.62. The van der Waals surface area contributed by atoms with Gasteiger partial charge in [-0.15, -0.1) is 0 Å². The van der Waals surface area contributed by atoms with Gasteiger partial charge in [0.1, 0.15) is 0 Å². The molecule has 2 unspecified atom stereocenters. The molecule has 0 bridgehead atoms. The molecule has 0 spiro atoms. The van der Waals surface area contributed by atoms with Crippen molar-refractivity contribution in [3.05, 3.63) is 0 Å². The van der Waals surface area contributed by atoms with Crippen molar-refractivity contribution in [1.82, 2.24) is 10.6 Å². The second-order valence-corrected chi connectivity index (χ2v) is 6.08. The van der Waals surface area contributed by atoms with Gasteiger partial charge in [0.25, 0.3) is 0 Å². The molecule has 0 aromatic carbocycles. The zero-order chi connectivity index (χ0) is 10.8. The predicted octanol–water partition coefficient (Wildman–Crippen LogP) is 2.01. The van der Waals surface area contributed by atoms with Crippen molar-refractivity contribution in [3.8, 4) is 0 Å². The molecule has 1 fully saturated rings. The van der Waals surface area contributed by atoms with E-state index in [0.717, 1.165) is 6.54 Å². The lowest BCUT2D eigenvalue weighted by molar-refractivity contribution is 0.0746. The van der Waals surface area contributed by atoms with Gasteiger partial charge in [-0.1, -0.05) is 20.8 Å². The van der Waals surface area contributed by atoms with E-state index in [1.165, 1.54) is 19.3 Å². The van der Waals surface area contributed by atoms with Crippen LogP contribution in [0.5, 0.6) is 0 Å². The Morgan fingerprint density at radius 1 is 1.14 bits per heavy atom. The molecule has 1 rings (SSSR count). The van der Waals surface area contributed by atoms with Gasteiger partial charge in [-0.3, -0.25) is 0 Å². The van der Waals surface area contributed by atoms with Gasteiger partial charge < -0.3 is 10.6 Å². The first kappa shape index (κ1) is 12.0. The third-order valence-electron chi connectivity index (χ3n) is 3.46. The van der Waals surface area contributed by atoms with Crippen molar-refractivity contribution < 1.29 is 0 Å². The molecule has 2 nitrogen and oxygen atoms in total. The maximum Gasteiger partial charge on any atom is 0.00748 e. The monoisotopic (exact) mass is 198 g/mol. The molecule has 1 aliphatic rings. The van der Waals surface area contributed by atoms with Gasteiger partial charge in [-0.25, -0.2) is 0 Å². The average molecular weight is 198 g/mol. The Bertz CT molecular complexity index is 189. The van der Waals surface area contributed by atoms with Crippen LogP contribution in [0.25, 0.3) is 0 Å². The topological polar surface area (TPSA) is 24.1 Å². The fourth-order valence-electron chi connectivity index (χ4n) is 3.40. The van der Waals surface area contributed by atoms with E-state index in [1.807, 2.05) is 0 Å². The second kappa shape index (κ2) is 4.19. The Morgan fingerprint density at radius 3 is 2.29 bits per heavy atom. The van der Waals surface area contributed by atoms with E-state index in [0.29, 0.717) is 16.9 Å². The van der Waals surface area contributed by atoms with Crippen molar-refractivity contribution >= 4 is 0 Å². The van der Waals surface area contributed by atoms with E-state index in [2.05, 4.69) is 45.5 Å². The summed E-state index contributed by atoms with van der Waals surface area (Å²) in [7, 11) is 4.15. The lowest BCUT2D eigenvalue weighted by Gasteiger charge is -2.46. The Labute approximate surface area is 88.8 Å². The lowest BCUT2D eigenvalue weighted by Crippen LogP contribution is -2.47. The highest BCUT2D eigenvalue weighted by molar-refractivity contribution is 4.94. The van der Waals surface area contributed by atoms with Crippen LogP contribution in [-0.2, 0) is 0 Å². The number of hydrogen-bond donors (Lipinski definition) is 2. The van der Waals surface area contributed by atoms with Crippen molar-refractivity contribution in [1.29, 1.82) is 0 Å². The van der Waals surface area contributed by atoms with Crippen molar-refractivity contribution in [2.24, 2.45) is 10.8 Å². The minimum absolute atomic E-state index is 0.462. The smallest absolute Gasteiger partial charge is 0.00748 e. The van der Waals surface area contributed by atoms with E-state index in [4.69, 9.17) is 0 Å². The van der Waals surface area contributed by atoms with Crippen LogP contribution in [0.4, 0.5) is 0 Å². The highest BCUT2D eigenvalue weighted by Crippen LogP contribution is 2.45. The molecule has 0 amide bonds. The number of hydrogen-bond acceptors (Lipinski definition) is 2. The molecule has 2 atom stereocenters. The first-order valence-corrected chi connectivity index (χ1v) is 5.73. The van der Waals surface area contributed by atoms with Gasteiger partial charge in [0.05, 0.1) is 0 Å². The fourth-order valence-corrected chi connectivity index (χ4v) is 3.40. The van der Waals surface area contributed by atoms with Crippen LogP contribution in [0.2, 0.25) is 0 Å². The SMILES string of the molecule is CNCC1(C)CC(NC)CC(C)(C)C1. The highest BCUT2D eigenvalue weighted by Gasteiger charge is 2.40. The van der Waals surface area contributed by atoms with E-state index in [-0.39, 0.29) is 0 Å². The largest absolute Gasteiger partial charge is 0.319 e. The summed E-state index contributed by atoms with van der Waals surface area (Å²) in [4.78, 5) is 0. The van der Waals surface area contributed by atoms with Gasteiger partial charge in [0.2, 0.25) is 0 Å². The van der Waals surface area contributed by atoms with Crippen LogP contribution < -0.4 is 10.6 Å². The van der Waals surface area contributed by atoms with Crippen molar-refractivity contribution in [3.63, 3.8) is 0 Å². The van der Waals surface area contributed by atoms with E-state index < -0.39 is 0 Å². The van der Waals surface area contributed by atoms with Gasteiger partial charge >= 0.3 is 0 Å². The molecule has 0 aliphatic heterocycles. The summed E-state index contributed by atoms with van der Waals surface area (Å²) in [5.41, 5.74) is 0.946. The minimum Gasteiger partial charge on any atom is -0.319 e. The molecule has 0 aromatic rings. The van der Waals surface area contributed by atoms with Crippen LogP contribution >= 0.6 is 0 Å². The van der Waals surface area contributed by atoms with Gasteiger partial charge in [0.15, 0.2) is 0 Å². The van der Waals surface area contributed by atoms with E-state index >= 15 is 0 Å². The Balaban J connectivity index is 2.69. The molecule has 84 valence electrons. The summed E-state index contributed by atoms with van der Waals surface area (Å²) in [6, 6.07) is 0.692. The standard InChI is InChI=1S/C12H26N2/c1-11(2)6-10(14-5)7-12(3,8-11)9-13-4/h10,13-14H,6-9H2,1-5H3. The van der Waals surface area contributed by atoms with Crippen LogP contribution in [0.3, 0.4) is 0 Å². The first-order chi connectivity index (χ1) is 6.41. The maximum absolute atomic E-state index is 3.45. The molecule has 0 radical (unpaired) electrons. The minimum atomic E-state index is 0.462. The van der Waals surface area contributed by atoms with Crippen LogP contribution in [0, 0.1) is 10.8 Å². The van der Waals surface area contributed by atoms with Gasteiger partial charge in [-0.05, 0) is 44.2 Å². The van der Waals surface area contributed by atoms with Gasteiger partial charge in [-0.2, -0.15) is 0 Å². The molecule has 2 N–H and O–H groups in total. The first-order valence-electron chi connectivity index (χ1n) is 5.73. The molecular weight excluding hydrogens is 172 g/mol. The molecule has 1 saturated carbocycles. The Hall–Kier alpha value is -0.0800. The molecule has 0 aromatic heterocycles. The Morgan fingerprint density at radius 2 is 1.79 bits per heavy atom.